The third-order valence-electron chi connectivity index (χ3n) is 4.44. The number of benzene rings is 3. The Labute approximate surface area is 154 Å². The second-order valence-electron chi connectivity index (χ2n) is 6.30. The summed E-state index contributed by atoms with van der Waals surface area (Å²) in [5.74, 6) is 0.559. The average molecular weight is 345 g/mol. The SMILES string of the molecule is COc1cccc(CN(C)C(=O)C(c2ccccc2)c2ccccc2)c1. The number of likely N-dealkylation sites (N-methyl/N-ethyl adjacent to an activating group) is 1. The van der Waals surface area contributed by atoms with Gasteiger partial charge in [-0.1, -0.05) is 72.8 Å². The van der Waals surface area contributed by atoms with E-state index >= 15 is 0 Å². The molecule has 0 aliphatic heterocycles. The van der Waals surface area contributed by atoms with E-state index in [1.54, 1.807) is 12.0 Å². The van der Waals surface area contributed by atoms with Crippen LogP contribution in [0.25, 0.3) is 0 Å². The highest BCUT2D eigenvalue weighted by atomic mass is 16.5. The molecule has 132 valence electrons. The first-order valence-electron chi connectivity index (χ1n) is 8.67. The van der Waals surface area contributed by atoms with Crippen molar-refractivity contribution in [3.63, 3.8) is 0 Å². The molecule has 0 atom stereocenters. The molecule has 0 N–H and O–H groups in total. The second-order valence-corrected chi connectivity index (χ2v) is 6.30. The molecule has 0 heterocycles. The Morgan fingerprint density at radius 1 is 0.885 bits per heavy atom. The minimum absolute atomic E-state index is 0.0743. The lowest BCUT2D eigenvalue weighted by Crippen LogP contribution is -2.32. The van der Waals surface area contributed by atoms with Crippen molar-refractivity contribution >= 4 is 5.91 Å². The summed E-state index contributed by atoms with van der Waals surface area (Å²) in [4.78, 5) is 15.1. The first-order valence-corrected chi connectivity index (χ1v) is 8.67. The molecule has 0 spiro atoms. The van der Waals surface area contributed by atoms with E-state index in [1.807, 2.05) is 92.0 Å². The Hall–Kier alpha value is -3.07. The molecule has 3 aromatic carbocycles. The van der Waals surface area contributed by atoms with Crippen LogP contribution in [0.1, 0.15) is 22.6 Å². The summed E-state index contributed by atoms with van der Waals surface area (Å²) in [5.41, 5.74) is 3.04. The van der Waals surface area contributed by atoms with Gasteiger partial charge in [-0.2, -0.15) is 0 Å². The van der Waals surface area contributed by atoms with Crippen LogP contribution in [0.3, 0.4) is 0 Å². The molecule has 0 aliphatic rings. The highest BCUT2D eigenvalue weighted by molar-refractivity contribution is 5.87. The van der Waals surface area contributed by atoms with Gasteiger partial charge in [0, 0.05) is 13.6 Å². The molecule has 1 amide bonds. The third kappa shape index (κ3) is 4.12. The standard InChI is InChI=1S/C23H23NO2/c1-24(17-18-10-9-15-21(16-18)26-2)23(25)22(19-11-5-3-6-12-19)20-13-7-4-8-14-20/h3-16,22H,17H2,1-2H3. The molecule has 0 aliphatic carbocycles. The highest BCUT2D eigenvalue weighted by Gasteiger charge is 2.25. The van der Waals surface area contributed by atoms with Crippen LogP contribution < -0.4 is 4.74 Å². The molecule has 26 heavy (non-hydrogen) atoms. The van der Waals surface area contributed by atoms with Crippen LogP contribution in [-0.2, 0) is 11.3 Å². The summed E-state index contributed by atoms with van der Waals surface area (Å²) >= 11 is 0. The van der Waals surface area contributed by atoms with E-state index < -0.39 is 0 Å². The monoisotopic (exact) mass is 345 g/mol. The molecular weight excluding hydrogens is 322 g/mol. The minimum atomic E-state index is -0.312. The maximum Gasteiger partial charge on any atom is 0.234 e. The van der Waals surface area contributed by atoms with Crippen molar-refractivity contribution in [2.24, 2.45) is 0 Å². The minimum Gasteiger partial charge on any atom is -0.497 e. The van der Waals surface area contributed by atoms with Crippen LogP contribution in [0, 0.1) is 0 Å². The molecule has 3 nitrogen and oxygen atoms in total. The number of ether oxygens (including phenoxy) is 1. The molecule has 0 radical (unpaired) electrons. The number of carbonyl (C=O) groups excluding carboxylic acids is 1. The predicted molar refractivity (Wildman–Crippen MR) is 104 cm³/mol. The normalized spacial score (nSPS) is 10.6. The van der Waals surface area contributed by atoms with Gasteiger partial charge in [-0.3, -0.25) is 4.79 Å². The Bertz CT molecular complexity index is 807. The van der Waals surface area contributed by atoms with Gasteiger partial charge in [-0.05, 0) is 28.8 Å². The number of carbonyl (C=O) groups is 1. The molecule has 3 rings (SSSR count). The van der Waals surface area contributed by atoms with E-state index in [0.717, 1.165) is 22.4 Å². The van der Waals surface area contributed by atoms with Crippen molar-refractivity contribution in [1.29, 1.82) is 0 Å². The Kier molecular flexibility index (Phi) is 5.69. The maximum atomic E-state index is 13.3. The van der Waals surface area contributed by atoms with Gasteiger partial charge >= 0.3 is 0 Å². The largest absolute Gasteiger partial charge is 0.497 e. The van der Waals surface area contributed by atoms with Gasteiger partial charge in [-0.25, -0.2) is 0 Å². The number of rotatable bonds is 6. The van der Waals surface area contributed by atoms with Crippen LogP contribution in [-0.4, -0.2) is 25.0 Å². The molecule has 0 saturated carbocycles. The second kappa shape index (κ2) is 8.34. The number of methoxy groups -OCH3 is 1. The molecule has 0 fully saturated rings. The van der Waals surface area contributed by atoms with Gasteiger partial charge in [-0.15, -0.1) is 0 Å². The Morgan fingerprint density at radius 2 is 1.46 bits per heavy atom. The topological polar surface area (TPSA) is 29.5 Å². The Balaban J connectivity index is 1.87. The molecule has 0 saturated heterocycles. The fourth-order valence-corrected chi connectivity index (χ4v) is 3.11. The third-order valence-corrected chi connectivity index (χ3v) is 4.44. The molecule has 3 aromatic rings. The zero-order valence-electron chi connectivity index (χ0n) is 15.1. The zero-order valence-corrected chi connectivity index (χ0v) is 15.1. The van der Waals surface area contributed by atoms with Crippen LogP contribution >= 0.6 is 0 Å². The van der Waals surface area contributed by atoms with Crippen molar-refractivity contribution in [2.75, 3.05) is 14.2 Å². The highest BCUT2D eigenvalue weighted by Crippen LogP contribution is 2.27. The fraction of sp³-hybridized carbons (Fsp3) is 0.174. The lowest BCUT2D eigenvalue weighted by Gasteiger charge is -2.25. The van der Waals surface area contributed by atoms with Crippen molar-refractivity contribution in [3.8, 4) is 5.75 Å². The zero-order chi connectivity index (χ0) is 18.4. The van der Waals surface area contributed by atoms with Gasteiger partial charge in [0.25, 0.3) is 0 Å². The average Bonchev–Trinajstić information content (AvgIpc) is 2.70. The number of hydrogen-bond acceptors (Lipinski definition) is 2. The summed E-state index contributed by atoms with van der Waals surface area (Å²) in [7, 11) is 3.50. The van der Waals surface area contributed by atoms with Crippen molar-refractivity contribution in [2.45, 2.75) is 12.5 Å². The first-order chi connectivity index (χ1) is 12.7. The number of hydrogen-bond donors (Lipinski definition) is 0. The first kappa shape index (κ1) is 17.7. The summed E-state index contributed by atoms with van der Waals surface area (Å²) in [6.07, 6.45) is 0. The summed E-state index contributed by atoms with van der Waals surface area (Å²) < 4.78 is 5.28. The number of amides is 1. The van der Waals surface area contributed by atoms with E-state index in [2.05, 4.69) is 0 Å². The maximum absolute atomic E-state index is 13.3. The summed E-state index contributed by atoms with van der Waals surface area (Å²) in [6, 6.07) is 27.7. The van der Waals surface area contributed by atoms with Crippen molar-refractivity contribution in [3.05, 3.63) is 102 Å². The van der Waals surface area contributed by atoms with E-state index in [0.29, 0.717) is 6.54 Å². The van der Waals surface area contributed by atoms with Gasteiger partial charge in [0.2, 0.25) is 5.91 Å². The summed E-state index contributed by atoms with van der Waals surface area (Å²) in [5, 5.41) is 0. The van der Waals surface area contributed by atoms with Gasteiger partial charge in [0.05, 0.1) is 13.0 Å². The molecule has 3 heteroatoms. The van der Waals surface area contributed by atoms with Crippen molar-refractivity contribution in [1.82, 2.24) is 4.90 Å². The van der Waals surface area contributed by atoms with Crippen LogP contribution in [0.4, 0.5) is 0 Å². The van der Waals surface area contributed by atoms with E-state index in [4.69, 9.17) is 4.74 Å². The van der Waals surface area contributed by atoms with E-state index in [1.165, 1.54) is 0 Å². The van der Waals surface area contributed by atoms with Crippen LogP contribution in [0.5, 0.6) is 5.75 Å². The quantitative estimate of drug-likeness (QED) is 0.659. The number of nitrogens with zero attached hydrogens (tertiary/aromatic N) is 1. The van der Waals surface area contributed by atoms with Crippen molar-refractivity contribution < 1.29 is 9.53 Å². The summed E-state index contributed by atoms with van der Waals surface area (Å²) in [6.45, 7) is 0.534. The molecule has 0 unspecified atom stereocenters. The fourth-order valence-electron chi connectivity index (χ4n) is 3.11. The smallest absolute Gasteiger partial charge is 0.234 e. The Morgan fingerprint density at radius 3 is 2.00 bits per heavy atom. The lowest BCUT2D eigenvalue weighted by molar-refractivity contribution is -0.131. The van der Waals surface area contributed by atoms with Gasteiger partial charge in [0.15, 0.2) is 0 Å². The van der Waals surface area contributed by atoms with Crippen LogP contribution in [0.2, 0.25) is 0 Å². The lowest BCUT2D eigenvalue weighted by atomic mass is 9.90. The predicted octanol–water partition coefficient (Wildman–Crippen LogP) is 4.49. The van der Waals surface area contributed by atoms with E-state index in [9.17, 15) is 4.79 Å². The molecular formula is C23H23NO2. The van der Waals surface area contributed by atoms with E-state index in [-0.39, 0.29) is 11.8 Å². The van der Waals surface area contributed by atoms with Crippen LogP contribution in [0.15, 0.2) is 84.9 Å². The van der Waals surface area contributed by atoms with Gasteiger partial charge < -0.3 is 9.64 Å². The molecule has 0 aromatic heterocycles. The van der Waals surface area contributed by atoms with Gasteiger partial charge in [0.1, 0.15) is 5.75 Å². The molecule has 0 bridgehead atoms.